The third-order valence-corrected chi connectivity index (χ3v) is 2.14. The van der Waals surface area contributed by atoms with Crippen LogP contribution in [0.3, 0.4) is 0 Å². The molecule has 6 heteroatoms. The second-order valence-corrected chi connectivity index (χ2v) is 3.35. The van der Waals surface area contributed by atoms with Gasteiger partial charge in [-0.25, -0.2) is 0 Å². The molecule has 0 atom stereocenters. The number of nitrogens with zero attached hydrogens (tertiary/aromatic N) is 1. The number of aromatic nitrogens is 2. The van der Waals surface area contributed by atoms with Crippen molar-refractivity contribution in [1.29, 1.82) is 0 Å². The topological polar surface area (TPSA) is 69.8 Å². The van der Waals surface area contributed by atoms with Crippen molar-refractivity contribution in [1.82, 2.24) is 15.5 Å². The lowest BCUT2D eigenvalue weighted by molar-refractivity contribution is -0.121. The van der Waals surface area contributed by atoms with Crippen molar-refractivity contribution >= 4 is 23.3 Å². The van der Waals surface area contributed by atoms with Gasteiger partial charge in [-0.3, -0.25) is 9.89 Å². The number of carbonyl (C=O) groups excluding carboxylic acids is 1. The summed E-state index contributed by atoms with van der Waals surface area (Å²) in [5.41, 5.74) is 0. The molecule has 1 aliphatic rings. The Kier molecular flexibility index (Phi) is 2.20. The Hall–Kier alpha value is -1.07. The molecule has 1 fully saturated rings. The van der Waals surface area contributed by atoms with Crippen LogP contribution in [0.5, 0.6) is 0 Å². The predicted octanol–water partition coefficient (Wildman–Crippen LogP) is 0.221. The normalized spacial score (nSPS) is 16.7. The molecule has 1 amide bonds. The first-order valence-electron chi connectivity index (χ1n) is 3.98. The molecule has 2 heterocycles. The quantitative estimate of drug-likeness (QED) is 0.640. The van der Waals surface area contributed by atoms with Crippen molar-refractivity contribution in [2.75, 3.05) is 18.4 Å². The minimum absolute atomic E-state index is 0.0121. The minimum Gasteiger partial charge on any atom is -0.315 e. The van der Waals surface area contributed by atoms with Gasteiger partial charge in [-0.15, -0.1) is 0 Å². The zero-order valence-corrected chi connectivity index (χ0v) is 7.56. The van der Waals surface area contributed by atoms with Crippen LogP contribution in [0.15, 0.2) is 6.07 Å². The SMILES string of the molecule is O=C(Nc1cc(Cl)[nH]n1)C1CNC1. The van der Waals surface area contributed by atoms with Crippen molar-refractivity contribution in [2.45, 2.75) is 0 Å². The number of aromatic amines is 1. The number of anilines is 1. The van der Waals surface area contributed by atoms with E-state index in [2.05, 4.69) is 20.8 Å². The maximum atomic E-state index is 11.4. The molecule has 0 aliphatic carbocycles. The smallest absolute Gasteiger partial charge is 0.231 e. The molecule has 0 radical (unpaired) electrons. The number of rotatable bonds is 2. The van der Waals surface area contributed by atoms with E-state index in [4.69, 9.17) is 11.6 Å². The molecule has 0 bridgehead atoms. The van der Waals surface area contributed by atoms with Crippen molar-refractivity contribution in [3.63, 3.8) is 0 Å². The van der Waals surface area contributed by atoms with Gasteiger partial charge in [0, 0.05) is 19.2 Å². The first-order chi connectivity index (χ1) is 6.25. The fourth-order valence-electron chi connectivity index (χ4n) is 1.06. The number of hydrogen-bond acceptors (Lipinski definition) is 3. The van der Waals surface area contributed by atoms with Gasteiger partial charge in [0.1, 0.15) is 5.15 Å². The molecule has 13 heavy (non-hydrogen) atoms. The average Bonchev–Trinajstić information content (AvgIpc) is 2.31. The Morgan fingerprint density at radius 1 is 1.69 bits per heavy atom. The minimum atomic E-state index is -0.0121. The molecule has 1 saturated heterocycles. The molecular weight excluding hydrogens is 192 g/mol. The molecule has 2 rings (SSSR count). The highest BCUT2D eigenvalue weighted by molar-refractivity contribution is 6.29. The van der Waals surface area contributed by atoms with Gasteiger partial charge in [0.05, 0.1) is 5.92 Å². The lowest BCUT2D eigenvalue weighted by Crippen LogP contribution is -2.48. The third-order valence-electron chi connectivity index (χ3n) is 1.95. The highest BCUT2D eigenvalue weighted by atomic mass is 35.5. The lowest BCUT2D eigenvalue weighted by Gasteiger charge is -2.25. The fraction of sp³-hybridized carbons (Fsp3) is 0.429. The Morgan fingerprint density at radius 3 is 2.92 bits per heavy atom. The molecule has 1 aromatic heterocycles. The van der Waals surface area contributed by atoms with Crippen LogP contribution in [0, 0.1) is 5.92 Å². The van der Waals surface area contributed by atoms with Gasteiger partial charge in [0.2, 0.25) is 5.91 Å². The van der Waals surface area contributed by atoms with Crippen LogP contribution >= 0.6 is 11.6 Å². The van der Waals surface area contributed by atoms with Crippen molar-refractivity contribution in [3.8, 4) is 0 Å². The number of amides is 1. The molecule has 5 nitrogen and oxygen atoms in total. The summed E-state index contributed by atoms with van der Waals surface area (Å²) in [6.45, 7) is 1.48. The first-order valence-corrected chi connectivity index (χ1v) is 4.36. The van der Waals surface area contributed by atoms with E-state index >= 15 is 0 Å². The summed E-state index contributed by atoms with van der Waals surface area (Å²) in [6.07, 6.45) is 0. The van der Waals surface area contributed by atoms with Crippen molar-refractivity contribution in [3.05, 3.63) is 11.2 Å². The number of hydrogen-bond donors (Lipinski definition) is 3. The number of H-pyrrole nitrogens is 1. The Bertz CT molecular complexity index is 320. The Labute approximate surface area is 79.8 Å². The summed E-state index contributed by atoms with van der Waals surface area (Å²) in [4.78, 5) is 11.4. The summed E-state index contributed by atoms with van der Waals surface area (Å²) in [7, 11) is 0. The summed E-state index contributed by atoms with van der Waals surface area (Å²) in [6, 6.07) is 1.57. The Morgan fingerprint density at radius 2 is 2.46 bits per heavy atom. The molecule has 3 N–H and O–H groups in total. The first kappa shape index (κ1) is 8.52. The van der Waals surface area contributed by atoms with Crippen LogP contribution < -0.4 is 10.6 Å². The Balaban J connectivity index is 1.93. The van der Waals surface area contributed by atoms with E-state index in [9.17, 15) is 4.79 Å². The molecule has 0 aromatic carbocycles. The van der Waals surface area contributed by atoms with Crippen LogP contribution in [0.25, 0.3) is 0 Å². The van der Waals surface area contributed by atoms with Gasteiger partial charge in [-0.2, -0.15) is 5.10 Å². The third kappa shape index (κ3) is 1.81. The maximum Gasteiger partial charge on any atom is 0.231 e. The maximum absolute atomic E-state index is 11.4. The summed E-state index contributed by atoms with van der Waals surface area (Å²) in [5, 5.41) is 12.4. The summed E-state index contributed by atoms with van der Waals surface area (Å²) < 4.78 is 0. The zero-order chi connectivity index (χ0) is 9.26. The predicted molar refractivity (Wildman–Crippen MR) is 48.6 cm³/mol. The molecule has 0 unspecified atom stereocenters. The van der Waals surface area contributed by atoms with Gasteiger partial charge in [-0.1, -0.05) is 11.6 Å². The van der Waals surface area contributed by atoms with E-state index in [0.717, 1.165) is 13.1 Å². The van der Waals surface area contributed by atoms with Crippen LogP contribution in [-0.2, 0) is 4.79 Å². The molecule has 1 aliphatic heterocycles. The van der Waals surface area contributed by atoms with E-state index in [-0.39, 0.29) is 11.8 Å². The standard InChI is InChI=1S/C7H9ClN4O/c8-5-1-6(12-11-5)10-7(13)4-2-9-3-4/h1,4,9H,2-3H2,(H2,10,11,12,13). The van der Waals surface area contributed by atoms with Gasteiger partial charge in [-0.05, 0) is 0 Å². The highest BCUT2D eigenvalue weighted by Gasteiger charge is 2.25. The van der Waals surface area contributed by atoms with Crippen LogP contribution in [0.2, 0.25) is 5.15 Å². The van der Waals surface area contributed by atoms with E-state index in [1.54, 1.807) is 6.07 Å². The second-order valence-electron chi connectivity index (χ2n) is 2.95. The van der Waals surface area contributed by atoms with E-state index < -0.39 is 0 Å². The molecule has 0 spiro atoms. The fourth-order valence-corrected chi connectivity index (χ4v) is 1.21. The van der Waals surface area contributed by atoms with E-state index in [1.165, 1.54) is 0 Å². The monoisotopic (exact) mass is 200 g/mol. The second kappa shape index (κ2) is 3.35. The van der Waals surface area contributed by atoms with Crippen LogP contribution in [0.1, 0.15) is 0 Å². The van der Waals surface area contributed by atoms with Crippen LogP contribution in [-0.4, -0.2) is 29.2 Å². The zero-order valence-electron chi connectivity index (χ0n) is 6.80. The van der Waals surface area contributed by atoms with Gasteiger partial charge in [0.15, 0.2) is 5.82 Å². The number of halogens is 1. The summed E-state index contributed by atoms with van der Waals surface area (Å²) >= 11 is 5.59. The summed E-state index contributed by atoms with van der Waals surface area (Å²) in [5.74, 6) is 0.527. The van der Waals surface area contributed by atoms with Crippen LogP contribution in [0.4, 0.5) is 5.82 Å². The van der Waals surface area contributed by atoms with Crippen molar-refractivity contribution < 1.29 is 4.79 Å². The van der Waals surface area contributed by atoms with Gasteiger partial charge < -0.3 is 10.6 Å². The lowest BCUT2D eigenvalue weighted by atomic mass is 10.0. The van der Waals surface area contributed by atoms with Gasteiger partial charge in [0.25, 0.3) is 0 Å². The van der Waals surface area contributed by atoms with E-state index in [1.807, 2.05) is 0 Å². The largest absolute Gasteiger partial charge is 0.315 e. The molecular formula is C7H9ClN4O. The average molecular weight is 201 g/mol. The molecule has 0 saturated carbocycles. The number of carbonyl (C=O) groups is 1. The van der Waals surface area contributed by atoms with Crippen molar-refractivity contribution in [2.24, 2.45) is 5.92 Å². The van der Waals surface area contributed by atoms with E-state index in [0.29, 0.717) is 11.0 Å². The molecule has 1 aromatic rings. The number of nitrogens with one attached hydrogen (secondary N) is 3. The highest BCUT2D eigenvalue weighted by Crippen LogP contribution is 2.12. The molecule has 70 valence electrons. The van der Waals surface area contributed by atoms with Gasteiger partial charge >= 0.3 is 0 Å².